The molecule has 1 heterocycles. The topological polar surface area (TPSA) is 96.6 Å². The highest BCUT2D eigenvalue weighted by atomic mass is 32.2. The number of hydrogen-bond donors (Lipinski definition) is 2. The highest BCUT2D eigenvalue weighted by Gasteiger charge is 2.29. The van der Waals surface area contributed by atoms with Gasteiger partial charge in [0.25, 0.3) is 0 Å². The molecule has 1 aromatic carbocycles. The number of aliphatic carboxylic acids is 1. The molecule has 0 aliphatic carbocycles. The van der Waals surface area contributed by atoms with Crippen LogP contribution in [0.15, 0.2) is 39.8 Å². The minimum Gasteiger partial charge on any atom is -0.480 e. The Balaban J connectivity index is 2.42. The van der Waals surface area contributed by atoms with Crippen LogP contribution in [0, 0.1) is 5.92 Å². The first kappa shape index (κ1) is 14.5. The minimum absolute atomic E-state index is 0.0556. The lowest BCUT2D eigenvalue weighted by Crippen LogP contribution is -2.44. The van der Waals surface area contributed by atoms with Crippen LogP contribution in [0.1, 0.15) is 13.8 Å². The van der Waals surface area contributed by atoms with Crippen LogP contribution < -0.4 is 4.72 Å². The molecule has 0 radical (unpaired) electrons. The van der Waals surface area contributed by atoms with E-state index in [1.54, 1.807) is 38.1 Å². The number of hydrogen-bond acceptors (Lipinski definition) is 4. The van der Waals surface area contributed by atoms with E-state index in [0.717, 1.165) is 6.26 Å². The van der Waals surface area contributed by atoms with Crippen LogP contribution in [-0.2, 0) is 14.8 Å². The van der Waals surface area contributed by atoms with Gasteiger partial charge in [-0.25, -0.2) is 8.42 Å². The van der Waals surface area contributed by atoms with E-state index in [-0.39, 0.29) is 10.8 Å². The first-order valence-corrected chi connectivity index (χ1v) is 7.52. The second-order valence-electron chi connectivity index (χ2n) is 4.78. The van der Waals surface area contributed by atoms with Gasteiger partial charge in [-0.15, -0.1) is 0 Å². The third-order valence-corrected chi connectivity index (χ3v) is 4.41. The average molecular weight is 297 g/mol. The predicted molar refractivity (Wildman–Crippen MR) is 72.8 cm³/mol. The summed E-state index contributed by atoms with van der Waals surface area (Å²) in [6, 6.07) is 5.48. The Hall–Kier alpha value is -1.86. The van der Waals surface area contributed by atoms with Crippen LogP contribution in [0.25, 0.3) is 11.0 Å². The molecule has 1 unspecified atom stereocenters. The summed E-state index contributed by atoms with van der Waals surface area (Å²) < 4.78 is 32.0. The quantitative estimate of drug-likeness (QED) is 0.877. The largest absolute Gasteiger partial charge is 0.480 e. The van der Waals surface area contributed by atoms with Crippen molar-refractivity contribution in [3.8, 4) is 0 Å². The van der Waals surface area contributed by atoms with E-state index in [1.165, 1.54) is 0 Å². The molecule has 2 rings (SSSR count). The van der Waals surface area contributed by atoms with E-state index in [0.29, 0.717) is 11.0 Å². The van der Waals surface area contributed by atoms with Crippen molar-refractivity contribution in [1.29, 1.82) is 0 Å². The van der Waals surface area contributed by atoms with E-state index < -0.39 is 22.0 Å². The van der Waals surface area contributed by atoms with Crippen molar-refractivity contribution in [1.82, 2.24) is 4.72 Å². The Morgan fingerprint density at radius 3 is 2.55 bits per heavy atom. The van der Waals surface area contributed by atoms with Gasteiger partial charge in [0, 0.05) is 5.39 Å². The Bertz CT molecular complexity index is 732. The number of rotatable bonds is 5. The number of nitrogens with one attached hydrogen (secondary N) is 1. The maximum atomic E-state index is 12.3. The van der Waals surface area contributed by atoms with E-state index in [4.69, 9.17) is 9.52 Å². The van der Waals surface area contributed by atoms with Crippen molar-refractivity contribution >= 4 is 27.0 Å². The van der Waals surface area contributed by atoms with Crippen LogP contribution in [0.2, 0.25) is 0 Å². The van der Waals surface area contributed by atoms with Gasteiger partial charge in [0.1, 0.15) is 22.8 Å². The van der Waals surface area contributed by atoms with Crippen molar-refractivity contribution < 1.29 is 22.7 Å². The number of fused-ring (bicyclic) bond motifs is 1. The highest BCUT2D eigenvalue weighted by Crippen LogP contribution is 2.25. The Labute approximate surface area is 116 Å². The Morgan fingerprint density at radius 2 is 1.95 bits per heavy atom. The van der Waals surface area contributed by atoms with Crippen LogP contribution in [0.4, 0.5) is 0 Å². The van der Waals surface area contributed by atoms with Crippen LogP contribution in [0.3, 0.4) is 0 Å². The molecule has 1 atom stereocenters. The molecule has 1 aromatic heterocycles. The first-order valence-electron chi connectivity index (χ1n) is 6.04. The number of carboxylic acid groups (broad SMARTS) is 1. The maximum absolute atomic E-state index is 12.3. The second-order valence-corrected chi connectivity index (χ2v) is 6.46. The first-order chi connectivity index (χ1) is 9.33. The Morgan fingerprint density at radius 1 is 1.30 bits per heavy atom. The molecule has 7 heteroatoms. The molecule has 0 amide bonds. The summed E-state index contributed by atoms with van der Waals surface area (Å²) in [4.78, 5) is 11.0. The molecule has 0 spiro atoms. The predicted octanol–water partition coefficient (Wildman–Crippen LogP) is 1.82. The van der Waals surface area contributed by atoms with Gasteiger partial charge in [-0.1, -0.05) is 26.0 Å². The molecule has 20 heavy (non-hydrogen) atoms. The van der Waals surface area contributed by atoms with Crippen molar-refractivity contribution in [2.75, 3.05) is 0 Å². The maximum Gasteiger partial charge on any atom is 0.322 e. The number of carbonyl (C=O) groups is 1. The van der Waals surface area contributed by atoms with E-state index in [9.17, 15) is 13.2 Å². The van der Waals surface area contributed by atoms with Gasteiger partial charge in [-0.3, -0.25) is 4.79 Å². The molecule has 2 N–H and O–H groups in total. The molecule has 2 aromatic rings. The van der Waals surface area contributed by atoms with Crippen molar-refractivity contribution in [3.63, 3.8) is 0 Å². The minimum atomic E-state index is -3.96. The number of furan rings is 1. The zero-order chi connectivity index (χ0) is 14.9. The summed E-state index contributed by atoms with van der Waals surface area (Å²) in [7, 11) is -3.96. The van der Waals surface area contributed by atoms with Crippen LogP contribution >= 0.6 is 0 Å². The van der Waals surface area contributed by atoms with Gasteiger partial charge in [0.05, 0.1) is 0 Å². The number of carboxylic acids is 1. The van der Waals surface area contributed by atoms with E-state index >= 15 is 0 Å². The third kappa shape index (κ3) is 2.68. The van der Waals surface area contributed by atoms with Crippen molar-refractivity contribution in [2.24, 2.45) is 5.92 Å². The lowest BCUT2D eigenvalue weighted by atomic mass is 10.1. The summed E-state index contributed by atoms with van der Waals surface area (Å²) in [5.74, 6) is -1.59. The SMILES string of the molecule is CC(C)C(NS(=O)(=O)c1coc2ccccc12)C(=O)O. The normalized spacial score (nSPS) is 13.8. The lowest BCUT2D eigenvalue weighted by Gasteiger charge is -2.17. The molecular formula is C13H15NO5S. The standard InChI is InChI=1S/C13H15NO5S/c1-8(2)12(13(15)16)14-20(17,18)11-7-19-10-6-4-3-5-9(10)11/h3-8,12,14H,1-2H3,(H,15,16). The van der Waals surface area contributed by atoms with Crippen LogP contribution in [-0.4, -0.2) is 25.5 Å². The smallest absolute Gasteiger partial charge is 0.322 e. The zero-order valence-electron chi connectivity index (χ0n) is 11.0. The number of sulfonamides is 1. The molecule has 0 saturated heterocycles. The van der Waals surface area contributed by atoms with Gasteiger partial charge in [0.2, 0.25) is 10.0 Å². The van der Waals surface area contributed by atoms with Crippen LogP contribution in [0.5, 0.6) is 0 Å². The van der Waals surface area contributed by atoms with Crippen molar-refractivity contribution in [3.05, 3.63) is 30.5 Å². The van der Waals surface area contributed by atoms with Gasteiger partial charge in [0.15, 0.2) is 0 Å². The fraction of sp³-hybridized carbons (Fsp3) is 0.308. The summed E-state index contributed by atoms with van der Waals surface area (Å²) in [5, 5.41) is 9.49. The molecule has 0 aliphatic rings. The molecule has 108 valence electrons. The number of benzene rings is 1. The van der Waals surface area contributed by atoms with Gasteiger partial charge < -0.3 is 9.52 Å². The molecule has 6 nitrogen and oxygen atoms in total. The van der Waals surface area contributed by atoms with Crippen molar-refractivity contribution in [2.45, 2.75) is 24.8 Å². The van der Waals surface area contributed by atoms with E-state index in [1.807, 2.05) is 0 Å². The summed E-state index contributed by atoms with van der Waals surface area (Å²) in [5.41, 5.74) is 0.435. The van der Waals surface area contributed by atoms with Gasteiger partial charge in [-0.05, 0) is 18.1 Å². The second kappa shape index (κ2) is 5.26. The van der Waals surface area contributed by atoms with Gasteiger partial charge in [-0.2, -0.15) is 4.72 Å². The summed E-state index contributed by atoms with van der Waals surface area (Å²) in [6.07, 6.45) is 1.12. The van der Waals surface area contributed by atoms with E-state index in [2.05, 4.69) is 4.72 Å². The fourth-order valence-electron chi connectivity index (χ4n) is 1.86. The molecule has 0 bridgehead atoms. The Kier molecular flexibility index (Phi) is 3.82. The van der Waals surface area contributed by atoms with Gasteiger partial charge >= 0.3 is 5.97 Å². The molecule has 0 saturated carbocycles. The highest BCUT2D eigenvalue weighted by molar-refractivity contribution is 7.89. The molecule has 0 aliphatic heterocycles. The molecular weight excluding hydrogens is 282 g/mol. The lowest BCUT2D eigenvalue weighted by molar-refractivity contribution is -0.140. The summed E-state index contributed by atoms with van der Waals surface area (Å²) >= 11 is 0. The summed E-state index contributed by atoms with van der Waals surface area (Å²) in [6.45, 7) is 3.27. The third-order valence-electron chi connectivity index (χ3n) is 2.95. The zero-order valence-corrected chi connectivity index (χ0v) is 11.8. The molecule has 0 fully saturated rings. The monoisotopic (exact) mass is 297 g/mol. The number of para-hydroxylation sites is 1. The average Bonchev–Trinajstić information content (AvgIpc) is 2.80. The fourth-order valence-corrected chi connectivity index (χ4v) is 3.33.